The Balaban J connectivity index is 3.07. The Bertz CT molecular complexity index is 404. The van der Waals surface area contributed by atoms with E-state index in [1.165, 1.54) is 15.2 Å². The van der Waals surface area contributed by atoms with E-state index in [1.807, 2.05) is 0 Å². The van der Waals surface area contributed by atoms with Crippen LogP contribution in [-0.2, 0) is 17.8 Å². The van der Waals surface area contributed by atoms with Crippen LogP contribution in [0.15, 0.2) is 33.5 Å². The molecule has 109 valence electrons. The predicted molar refractivity (Wildman–Crippen MR) is 80.2 cm³/mol. The van der Waals surface area contributed by atoms with Crippen LogP contribution < -0.4 is 5.32 Å². The molecule has 0 aromatic rings. The molecule has 1 aliphatic carbocycles. The molecule has 4 heteroatoms. The molecule has 0 atom stereocenters. The van der Waals surface area contributed by atoms with Gasteiger partial charge in [-0.3, -0.25) is 0 Å². The number of hydrogen-bond acceptors (Lipinski definition) is 3. The summed E-state index contributed by atoms with van der Waals surface area (Å²) in [5, 5.41) is 3.60. The van der Waals surface area contributed by atoms with Crippen molar-refractivity contribution in [1.82, 2.24) is 12.2 Å². The van der Waals surface area contributed by atoms with Crippen LogP contribution in [-0.4, -0.2) is 40.6 Å². The molecule has 1 aliphatic rings. The number of rotatable bonds is 4. The van der Waals surface area contributed by atoms with Gasteiger partial charge in [0, 0.05) is 0 Å². The molecule has 19 heavy (non-hydrogen) atoms. The number of nitrogens with one attached hydrogen (secondary N) is 1. The first-order chi connectivity index (χ1) is 8.63. The number of nitrogens with zero attached hydrogens (tertiary/aromatic N) is 2. The summed E-state index contributed by atoms with van der Waals surface area (Å²) in [6.07, 6.45) is 6.71. The van der Waals surface area contributed by atoms with Crippen molar-refractivity contribution in [3.05, 3.63) is 33.5 Å². The molecule has 0 amide bonds. The van der Waals surface area contributed by atoms with Crippen molar-refractivity contribution in [3.8, 4) is 0 Å². The Labute approximate surface area is 125 Å². The molecule has 0 aliphatic heterocycles. The molecule has 0 heterocycles. The summed E-state index contributed by atoms with van der Waals surface area (Å²) in [4.78, 5) is 0. The molecule has 0 spiro atoms. The summed E-state index contributed by atoms with van der Waals surface area (Å²) in [7, 11) is 8.78. The zero-order valence-electron chi connectivity index (χ0n) is 13.5. The van der Waals surface area contributed by atoms with Gasteiger partial charge in [0.25, 0.3) is 0 Å². The molecule has 0 unspecified atom stereocenters. The quantitative estimate of drug-likeness (QED) is 0.790. The van der Waals surface area contributed by atoms with E-state index in [4.69, 9.17) is 0 Å². The third-order valence-corrected chi connectivity index (χ3v) is 7.87. The molecule has 0 radical (unpaired) electrons. The van der Waals surface area contributed by atoms with E-state index < -0.39 is 17.8 Å². The van der Waals surface area contributed by atoms with Gasteiger partial charge in [-0.15, -0.1) is 0 Å². The molecule has 3 nitrogen and oxygen atoms in total. The van der Waals surface area contributed by atoms with Crippen LogP contribution in [0.1, 0.15) is 27.7 Å². The molecule has 0 aromatic carbocycles. The summed E-state index contributed by atoms with van der Waals surface area (Å²) in [5.74, 6) is 0. The van der Waals surface area contributed by atoms with Crippen LogP contribution in [0.5, 0.6) is 0 Å². The van der Waals surface area contributed by atoms with E-state index in [-0.39, 0.29) is 5.54 Å². The van der Waals surface area contributed by atoms with Crippen LogP contribution in [0, 0.1) is 0 Å². The molecule has 1 N–H and O–H groups in total. The second-order valence-corrected chi connectivity index (χ2v) is 12.2. The zero-order valence-corrected chi connectivity index (χ0v) is 15.5. The van der Waals surface area contributed by atoms with Crippen LogP contribution in [0.3, 0.4) is 0 Å². The van der Waals surface area contributed by atoms with Crippen LogP contribution >= 0.6 is 0 Å². The molecule has 0 saturated carbocycles. The fourth-order valence-electron chi connectivity index (χ4n) is 2.22. The van der Waals surface area contributed by atoms with E-state index in [1.54, 1.807) is 0 Å². The minimum absolute atomic E-state index is 0.107. The van der Waals surface area contributed by atoms with Crippen molar-refractivity contribution >= 4 is 0 Å². The van der Waals surface area contributed by atoms with Gasteiger partial charge >= 0.3 is 125 Å². The van der Waals surface area contributed by atoms with Gasteiger partial charge in [0.15, 0.2) is 0 Å². The molecular weight excluding hydrogens is 318 g/mol. The Hall–Kier alpha value is -0.372. The van der Waals surface area contributed by atoms with Crippen LogP contribution in [0.4, 0.5) is 0 Å². The van der Waals surface area contributed by atoms with Gasteiger partial charge in [-0.05, 0) is 0 Å². The van der Waals surface area contributed by atoms with E-state index in [2.05, 4.69) is 86.3 Å². The van der Waals surface area contributed by atoms with Crippen molar-refractivity contribution in [1.29, 1.82) is 0 Å². The summed E-state index contributed by atoms with van der Waals surface area (Å²) in [5.41, 5.74) is 2.77. The van der Waals surface area contributed by atoms with Crippen LogP contribution in [0.25, 0.3) is 0 Å². The first-order valence-electron chi connectivity index (χ1n) is 6.60. The van der Waals surface area contributed by atoms with E-state index in [0.717, 1.165) is 0 Å². The number of hydrogen-bond donors (Lipinski definition) is 1. The first kappa shape index (κ1) is 16.7. The Kier molecular flexibility index (Phi) is 5.61. The average molecular weight is 346 g/mol. The average Bonchev–Trinajstić information content (AvgIpc) is 2.62. The summed E-state index contributed by atoms with van der Waals surface area (Å²) >= 11 is -1.59. The van der Waals surface area contributed by atoms with Crippen LogP contribution in [0.2, 0.25) is 0 Å². The Morgan fingerprint density at radius 2 is 1.63 bits per heavy atom. The van der Waals surface area contributed by atoms with E-state index >= 15 is 0 Å². The fourth-order valence-corrected chi connectivity index (χ4v) is 7.28. The van der Waals surface area contributed by atoms with Gasteiger partial charge in [-0.1, -0.05) is 0 Å². The van der Waals surface area contributed by atoms with Crippen molar-refractivity contribution in [2.45, 2.75) is 33.2 Å². The van der Waals surface area contributed by atoms with Gasteiger partial charge in [0.2, 0.25) is 0 Å². The fraction of sp³-hybridized carbons (Fsp3) is 0.600. The number of allylic oxidation sites excluding steroid dienone is 6. The summed E-state index contributed by atoms with van der Waals surface area (Å²) in [6, 6.07) is 0. The van der Waals surface area contributed by atoms with Gasteiger partial charge in [0.05, 0.1) is 0 Å². The topological polar surface area (TPSA) is 18.5 Å². The summed E-state index contributed by atoms with van der Waals surface area (Å²) in [6.45, 7) is 8.79. The predicted octanol–water partition coefficient (Wildman–Crippen LogP) is 2.67. The molecular formula is C15H28MoN3. The normalized spacial score (nSPS) is 18.6. The third kappa shape index (κ3) is 4.59. The van der Waals surface area contributed by atoms with Gasteiger partial charge < -0.3 is 0 Å². The third-order valence-electron chi connectivity index (χ3n) is 2.63. The SMILES string of the molecule is CC(NC(C)(C)C)=C1C=CC=[C]1[Mo]([N](C)C)[N](C)C. The first-order valence-corrected chi connectivity index (χ1v) is 9.40. The van der Waals surface area contributed by atoms with Crippen molar-refractivity contribution < 1.29 is 17.8 Å². The maximum atomic E-state index is 3.60. The minimum atomic E-state index is -1.59. The van der Waals surface area contributed by atoms with E-state index in [9.17, 15) is 0 Å². The molecule has 0 saturated heterocycles. The van der Waals surface area contributed by atoms with Crippen molar-refractivity contribution in [2.75, 3.05) is 28.2 Å². The van der Waals surface area contributed by atoms with Crippen molar-refractivity contribution in [2.24, 2.45) is 0 Å². The van der Waals surface area contributed by atoms with E-state index in [0.29, 0.717) is 0 Å². The second-order valence-electron chi connectivity index (χ2n) is 6.19. The molecule has 1 rings (SSSR count). The summed E-state index contributed by atoms with van der Waals surface area (Å²) < 4.78 is 6.34. The molecule has 0 bridgehead atoms. The molecule has 0 fully saturated rings. The standard InChI is InChI=1S/C11H16N.2C2H6N.Mo/c1-9(12-11(2,3)4)10-7-5-6-8-10;2*1-3-2;/h5-7,12H,1-4H3;2*1-2H3;/q;2*-1;+2. The zero-order chi connectivity index (χ0) is 14.8. The van der Waals surface area contributed by atoms with Gasteiger partial charge in [-0.25, -0.2) is 0 Å². The van der Waals surface area contributed by atoms with Gasteiger partial charge in [0.1, 0.15) is 0 Å². The monoisotopic (exact) mass is 348 g/mol. The molecule has 0 aromatic heterocycles. The second kappa shape index (κ2) is 6.39. The van der Waals surface area contributed by atoms with Gasteiger partial charge in [-0.2, -0.15) is 0 Å². The Morgan fingerprint density at radius 1 is 1.11 bits per heavy atom. The van der Waals surface area contributed by atoms with Crippen molar-refractivity contribution in [3.63, 3.8) is 0 Å². The Morgan fingerprint density at radius 3 is 2.05 bits per heavy atom. The maximum absolute atomic E-state index is 3.60.